The summed E-state index contributed by atoms with van der Waals surface area (Å²) < 4.78 is 5.58. The minimum absolute atomic E-state index is 0.0512. The molecule has 0 radical (unpaired) electrons. The van der Waals surface area contributed by atoms with Crippen molar-refractivity contribution in [1.82, 2.24) is 15.2 Å². The van der Waals surface area contributed by atoms with Crippen LogP contribution >= 0.6 is 11.8 Å². The van der Waals surface area contributed by atoms with Crippen LogP contribution in [0.15, 0.2) is 23.4 Å². The minimum Gasteiger partial charge on any atom is -0.479 e. The lowest BCUT2D eigenvalue weighted by atomic mass is 10.1. The molecule has 0 aliphatic carbocycles. The number of aryl methyl sites for hydroxylation is 1. The van der Waals surface area contributed by atoms with Crippen molar-refractivity contribution in [1.29, 1.82) is 0 Å². The van der Waals surface area contributed by atoms with Gasteiger partial charge < -0.3 is 9.64 Å². The van der Waals surface area contributed by atoms with Crippen LogP contribution in [0.25, 0.3) is 0 Å². The second-order valence-corrected chi connectivity index (χ2v) is 6.98. The topological polar surface area (TPSA) is 88.2 Å². The highest BCUT2D eigenvalue weighted by molar-refractivity contribution is 8.00. The molecule has 1 aromatic carbocycles. The van der Waals surface area contributed by atoms with Gasteiger partial charge in [-0.3, -0.25) is 14.7 Å². The van der Waals surface area contributed by atoms with Gasteiger partial charge in [0, 0.05) is 12.6 Å². The van der Waals surface area contributed by atoms with Crippen molar-refractivity contribution < 1.29 is 14.3 Å². The van der Waals surface area contributed by atoms with E-state index in [1.165, 1.54) is 16.7 Å². The van der Waals surface area contributed by atoms with E-state index in [0.29, 0.717) is 28.0 Å². The van der Waals surface area contributed by atoms with Gasteiger partial charge in [0.1, 0.15) is 11.6 Å². The summed E-state index contributed by atoms with van der Waals surface area (Å²) in [6, 6.07) is 5.15. The zero-order valence-corrected chi connectivity index (χ0v) is 14.7. The number of aromatic amines is 1. The molecule has 1 aliphatic heterocycles. The molecule has 8 heteroatoms. The van der Waals surface area contributed by atoms with Gasteiger partial charge in [-0.05, 0) is 39.0 Å². The van der Waals surface area contributed by atoms with Crippen molar-refractivity contribution in [3.8, 4) is 5.75 Å². The molecule has 1 N–H and O–H groups in total. The quantitative estimate of drug-likeness (QED) is 0.674. The van der Waals surface area contributed by atoms with Gasteiger partial charge in [0.25, 0.3) is 5.91 Å². The van der Waals surface area contributed by atoms with Crippen LogP contribution in [0, 0.1) is 6.92 Å². The summed E-state index contributed by atoms with van der Waals surface area (Å²) >= 11 is 1.29. The Morgan fingerprint density at radius 3 is 2.88 bits per heavy atom. The van der Waals surface area contributed by atoms with E-state index in [1.807, 2.05) is 6.92 Å². The van der Waals surface area contributed by atoms with Gasteiger partial charge in [-0.25, -0.2) is 4.98 Å². The fourth-order valence-electron chi connectivity index (χ4n) is 2.49. The molecule has 1 aromatic heterocycles. The lowest BCUT2D eigenvalue weighted by Gasteiger charge is -2.30. The number of fused-ring (bicyclic) bond motifs is 1. The molecular formula is C16H18N4O3S. The summed E-state index contributed by atoms with van der Waals surface area (Å²) in [4.78, 5) is 30.4. The van der Waals surface area contributed by atoms with Crippen molar-refractivity contribution in [2.75, 3.05) is 11.9 Å². The molecule has 0 fully saturated rings. The number of hydrogen-bond donors (Lipinski definition) is 1. The average molecular weight is 346 g/mol. The van der Waals surface area contributed by atoms with E-state index in [-0.39, 0.29) is 16.9 Å². The van der Waals surface area contributed by atoms with Crippen LogP contribution in [0.4, 0.5) is 5.69 Å². The number of benzene rings is 1. The highest BCUT2D eigenvalue weighted by atomic mass is 32.2. The molecule has 2 aromatic rings. The van der Waals surface area contributed by atoms with E-state index in [0.717, 1.165) is 0 Å². The summed E-state index contributed by atoms with van der Waals surface area (Å²) in [7, 11) is 1.68. The number of carbonyl (C=O) groups excluding carboxylic acids is 2. The van der Waals surface area contributed by atoms with Crippen LogP contribution in [0.2, 0.25) is 0 Å². The average Bonchev–Trinajstić information content (AvgIpc) is 2.96. The number of carbonyl (C=O) groups is 2. The first kappa shape index (κ1) is 16.5. The third-order valence-electron chi connectivity index (χ3n) is 3.82. The predicted molar refractivity (Wildman–Crippen MR) is 90.7 cm³/mol. The predicted octanol–water partition coefficient (Wildman–Crippen LogP) is 2.22. The molecule has 126 valence electrons. The first-order chi connectivity index (χ1) is 11.4. The molecule has 0 spiro atoms. The summed E-state index contributed by atoms with van der Waals surface area (Å²) in [5.41, 5.74) is 1.13. The number of rotatable bonds is 4. The third kappa shape index (κ3) is 3.01. The molecule has 1 amide bonds. The molecule has 1 aliphatic rings. The van der Waals surface area contributed by atoms with Crippen LogP contribution in [-0.2, 0) is 4.79 Å². The standard InChI is InChI=1S/C16H18N4O3S/c1-8-15(22)20(4)12-7-11(5-6-13(12)23-8)14(21)9(2)24-16-17-10(3)18-19-16/h5-9H,1-4H3,(H,17,18,19). The van der Waals surface area contributed by atoms with Crippen molar-refractivity contribution in [3.63, 3.8) is 0 Å². The Hall–Kier alpha value is -2.35. The van der Waals surface area contributed by atoms with Crippen molar-refractivity contribution in [3.05, 3.63) is 29.6 Å². The smallest absolute Gasteiger partial charge is 0.267 e. The number of nitrogens with one attached hydrogen (secondary N) is 1. The number of thioether (sulfide) groups is 1. The second kappa shape index (κ2) is 6.27. The minimum atomic E-state index is -0.521. The molecular weight excluding hydrogens is 328 g/mol. The van der Waals surface area contributed by atoms with Crippen LogP contribution < -0.4 is 9.64 Å². The molecule has 7 nitrogen and oxygen atoms in total. The summed E-state index contributed by atoms with van der Waals surface area (Å²) in [6.45, 7) is 5.32. The highest BCUT2D eigenvalue weighted by Crippen LogP contribution is 2.35. The maximum absolute atomic E-state index is 12.7. The Kier molecular flexibility index (Phi) is 4.31. The normalized spacial score (nSPS) is 18.1. The van der Waals surface area contributed by atoms with Crippen molar-refractivity contribution in [2.45, 2.75) is 37.3 Å². The van der Waals surface area contributed by atoms with E-state index < -0.39 is 6.10 Å². The van der Waals surface area contributed by atoms with E-state index in [9.17, 15) is 9.59 Å². The number of H-pyrrole nitrogens is 1. The number of ketones is 1. The fourth-order valence-corrected chi connectivity index (χ4v) is 3.33. The van der Waals surface area contributed by atoms with Crippen LogP contribution in [0.1, 0.15) is 30.0 Å². The maximum Gasteiger partial charge on any atom is 0.267 e. The van der Waals surface area contributed by atoms with E-state index >= 15 is 0 Å². The van der Waals surface area contributed by atoms with Crippen molar-refractivity contribution in [2.24, 2.45) is 0 Å². The number of ether oxygens (including phenoxy) is 1. The maximum atomic E-state index is 12.7. The molecule has 0 saturated carbocycles. The van der Waals surface area contributed by atoms with E-state index in [1.54, 1.807) is 39.1 Å². The molecule has 3 rings (SSSR count). The van der Waals surface area contributed by atoms with Crippen molar-refractivity contribution >= 4 is 29.1 Å². The molecule has 2 atom stereocenters. The lowest BCUT2D eigenvalue weighted by Crippen LogP contribution is -2.42. The molecule has 0 bridgehead atoms. The Morgan fingerprint density at radius 1 is 1.46 bits per heavy atom. The van der Waals surface area contributed by atoms with Crippen LogP contribution in [0.5, 0.6) is 5.75 Å². The molecule has 2 heterocycles. The number of Topliss-reactive ketones (excluding diaryl/α,β-unsaturated/α-hetero) is 1. The Bertz CT molecular complexity index is 804. The number of hydrogen-bond acceptors (Lipinski definition) is 6. The zero-order valence-electron chi connectivity index (χ0n) is 13.9. The van der Waals surface area contributed by atoms with Gasteiger partial charge in [0.15, 0.2) is 11.9 Å². The summed E-state index contributed by atoms with van der Waals surface area (Å²) in [6.07, 6.45) is -0.521. The largest absolute Gasteiger partial charge is 0.479 e. The molecule has 24 heavy (non-hydrogen) atoms. The van der Waals surface area contributed by atoms with Gasteiger partial charge >= 0.3 is 0 Å². The lowest BCUT2D eigenvalue weighted by molar-refractivity contribution is -0.125. The van der Waals surface area contributed by atoms with Gasteiger partial charge in [0.05, 0.1) is 10.9 Å². The summed E-state index contributed by atoms with van der Waals surface area (Å²) in [5.74, 6) is 1.12. The highest BCUT2D eigenvalue weighted by Gasteiger charge is 2.30. The third-order valence-corrected chi connectivity index (χ3v) is 4.78. The van der Waals surface area contributed by atoms with Gasteiger partial charge in [-0.2, -0.15) is 0 Å². The van der Waals surface area contributed by atoms with E-state index in [4.69, 9.17) is 4.74 Å². The number of anilines is 1. The fraction of sp³-hybridized carbons (Fsp3) is 0.375. The Labute approximate surface area is 143 Å². The first-order valence-electron chi connectivity index (χ1n) is 7.55. The van der Waals surface area contributed by atoms with Gasteiger partial charge in [-0.15, -0.1) is 5.10 Å². The summed E-state index contributed by atoms with van der Waals surface area (Å²) in [5, 5.41) is 6.98. The number of likely N-dealkylation sites (N-methyl/N-ethyl adjacent to an activating group) is 1. The molecule has 2 unspecified atom stereocenters. The SMILES string of the molecule is Cc1nc(SC(C)C(=O)c2ccc3c(c2)N(C)C(=O)C(C)O3)n[nH]1. The monoisotopic (exact) mass is 346 g/mol. The first-order valence-corrected chi connectivity index (χ1v) is 8.43. The molecule has 0 saturated heterocycles. The second-order valence-electron chi connectivity index (χ2n) is 5.67. The Balaban J connectivity index is 1.82. The number of nitrogens with zero attached hydrogens (tertiary/aromatic N) is 3. The van der Waals surface area contributed by atoms with Gasteiger partial charge in [0.2, 0.25) is 5.16 Å². The number of aromatic nitrogens is 3. The van der Waals surface area contributed by atoms with Crippen LogP contribution in [-0.4, -0.2) is 45.3 Å². The van der Waals surface area contributed by atoms with Gasteiger partial charge in [-0.1, -0.05) is 11.8 Å². The van der Waals surface area contributed by atoms with Crippen LogP contribution in [0.3, 0.4) is 0 Å². The van der Waals surface area contributed by atoms with E-state index in [2.05, 4.69) is 15.2 Å². The zero-order chi connectivity index (χ0) is 17.4. The Morgan fingerprint density at radius 2 is 2.21 bits per heavy atom. The number of amides is 1.